The van der Waals surface area contributed by atoms with E-state index in [-0.39, 0.29) is 23.9 Å². The SMILES string of the molecule is C=CCn1c(COc2ccc(F)cc2)nn(C[NH+](C)CC(=O)NC(C)(C)C)c1=S. The van der Waals surface area contributed by atoms with Crippen molar-refractivity contribution in [2.24, 2.45) is 0 Å². The lowest BCUT2D eigenvalue weighted by Gasteiger charge is -2.21. The number of likely N-dealkylation sites (N-methyl/N-ethyl adjacent to an activating group) is 1. The van der Waals surface area contributed by atoms with Crippen LogP contribution in [0.15, 0.2) is 36.9 Å². The summed E-state index contributed by atoms with van der Waals surface area (Å²) in [6.45, 7) is 11.0. The second kappa shape index (κ2) is 9.80. The molecule has 0 aliphatic heterocycles. The number of halogens is 1. The molecule has 9 heteroatoms. The number of hydrogen-bond donors (Lipinski definition) is 2. The van der Waals surface area contributed by atoms with Gasteiger partial charge < -0.3 is 15.0 Å². The van der Waals surface area contributed by atoms with Crippen LogP contribution in [0.4, 0.5) is 4.39 Å². The predicted octanol–water partition coefficient (Wildman–Crippen LogP) is 1.71. The van der Waals surface area contributed by atoms with Gasteiger partial charge in [0, 0.05) is 12.1 Å². The van der Waals surface area contributed by atoms with Crippen molar-refractivity contribution in [2.45, 2.75) is 46.1 Å². The minimum Gasteiger partial charge on any atom is -0.486 e. The summed E-state index contributed by atoms with van der Waals surface area (Å²) in [5, 5.41) is 7.51. The second-order valence-electron chi connectivity index (χ2n) is 7.93. The maximum absolute atomic E-state index is 13.0. The minimum atomic E-state index is -0.322. The highest BCUT2D eigenvalue weighted by molar-refractivity contribution is 7.71. The molecule has 0 saturated heterocycles. The first kappa shape index (κ1) is 22.8. The Morgan fingerprint density at radius 3 is 2.62 bits per heavy atom. The first-order chi connectivity index (χ1) is 13.6. The first-order valence-electron chi connectivity index (χ1n) is 9.37. The number of nitrogens with one attached hydrogen (secondary N) is 2. The zero-order valence-electron chi connectivity index (χ0n) is 17.4. The van der Waals surface area contributed by atoms with Gasteiger partial charge in [-0.1, -0.05) is 6.08 Å². The van der Waals surface area contributed by atoms with E-state index in [0.29, 0.717) is 36.1 Å². The van der Waals surface area contributed by atoms with E-state index in [2.05, 4.69) is 17.0 Å². The number of benzene rings is 1. The summed E-state index contributed by atoms with van der Waals surface area (Å²) in [4.78, 5) is 13.1. The molecule has 1 atom stereocenters. The molecule has 1 unspecified atom stereocenters. The maximum Gasteiger partial charge on any atom is 0.275 e. The number of allylic oxidation sites excluding steroid dienone is 1. The molecule has 0 spiro atoms. The molecule has 7 nitrogen and oxygen atoms in total. The molecule has 2 aromatic rings. The molecule has 0 fully saturated rings. The van der Waals surface area contributed by atoms with Gasteiger partial charge in [0.15, 0.2) is 19.0 Å². The van der Waals surface area contributed by atoms with Crippen LogP contribution in [0.2, 0.25) is 0 Å². The third-order valence-corrected chi connectivity index (χ3v) is 4.32. The molecule has 158 valence electrons. The number of ether oxygens (including phenoxy) is 1. The summed E-state index contributed by atoms with van der Waals surface area (Å²) in [6, 6.07) is 5.80. The Morgan fingerprint density at radius 2 is 2.03 bits per heavy atom. The van der Waals surface area contributed by atoms with Crippen molar-refractivity contribution in [1.82, 2.24) is 19.7 Å². The highest BCUT2D eigenvalue weighted by Crippen LogP contribution is 2.13. The Balaban J connectivity index is 2.09. The summed E-state index contributed by atoms with van der Waals surface area (Å²) in [7, 11) is 1.91. The second-order valence-corrected chi connectivity index (χ2v) is 8.30. The van der Waals surface area contributed by atoms with Crippen molar-refractivity contribution < 1.29 is 18.8 Å². The lowest BCUT2D eigenvalue weighted by molar-refractivity contribution is -0.895. The van der Waals surface area contributed by atoms with Gasteiger partial charge in [-0.3, -0.25) is 9.36 Å². The third kappa shape index (κ3) is 7.10. The first-order valence-corrected chi connectivity index (χ1v) is 9.78. The van der Waals surface area contributed by atoms with E-state index >= 15 is 0 Å². The molecule has 1 aromatic heterocycles. The van der Waals surface area contributed by atoms with Crippen LogP contribution in [0.5, 0.6) is 5.75 Å². The van der Waals surface area contributed by atoms with Crippen LogP contribution in [0.1, 0.15) is 26.6 Å². The molecular formula is C20H29FN5O2S+. The third-order valence-electron chi connectivity index (χ3n) is 3.89. The molecule has 29 heavy (non-hydrogen) atoms. The summed E-state index contributed by atoms with van der Waals surface area (Å²) >= 11 is 5.54. The standard InChI is InChI=1S/C20H28FN5O2S/c1-6-11-25-17(13-28-16-9-7-15(21)8-10-16)23-26(19(25)29)14-24(5)12-18(27)22-20(2,3)4/h6-10H,1,11-14H2,2-5H3,(H,22,27)/p+1. The summed E-state index contributed by atoms with van der Waals surface area (Å²) in [5.74, 6) is 0.814. The number of rotatable bonds is 9. The van der Waals surface area contributed by atoms with Crippen molar-refractivity contribution in [3.8, 4) is 5.75 Å². The van der Waals surface area contributed by atoms with Gasteiger partial charge >= 0.3 is 0 Å². The molecule has 2 N–H and O–H groups in total. The molecule has 0 bridgehead atoms. The highest BCUT2D eigenvalue weighted by atomic mass is 32.1. The van der Waals surface area contributed by atoms with E-state index in [0.717, 1.165) is 4.90 Å². The van der Waals surface area contributed by atoms with E-state index in [9.17, 15) is 9.18 Å². The Morgan fingerprint density at radius 1 is 1.38 bits per heavy atom. The number of nitrogens with zero attached hydrogens (tertiary/aromatic N) is 3. The molecule has 1 amide bonds. The van der Waals surface area contributed by atoms with Gasteiger partial charge in [-0.25, -0.2) is 4.39 Å². The quantitative estimate of drug-likeness (QED) is 0.477. The smallest absolute Gasteiger partial charge is 0.275 e. The predicted molar refractivity (Wildman–Crippen MR) is 112 cm³/mol. The zero-order valence-corrected chi connectivity index (χ0v) is 18.2. The average molecular weight is 423 g/mol. The molecule has 0 saturated carbocycles. The van der Waals surface area contributed by atoms with Crippen LogP contribution in [-0.4, -0.2) is 39.4 Å². The fourth-order valence-electron chi connectivity index (χ4n) is 2.73. The number of aromatic nitrogens is 3. The maximum atomic E-state index is 13.0. The lowest BCUT2D eigenvalue weighted by Crippen LogP contribution is -3.09. The van der Waals surface area contributed by atoms with E-state index in [1.165, 1.54) is 12.1 Å². The van der Waals surface area contributed by atoms with Crippen molar-refractivity contribution in [3.05, 3.63) is 53.3 Å². The van der Waals surface area contributed by atoms with Crippen molar-refractivity contribution in [1.29, 1.82) is 0 Å². The van der Waals surface area contributed by atoms with Gasteiger partial charge in [0.05, 0.1) is 7.05 Å². The Hall–Kier alpha value is -2.52. The number of hydrogen-bond acceptors (Lipinski definition) is 4. The lowest BCUT2D eigenvalue weighted by atomic mass is 10.1. The summed E-state index contributed by atoms with van der Waals surface area (Å²) in [6.07, 6.45) is 1.73. The van der Waals surface area contributed by atoms with Crippen molar-refractivity contribution >= 4 is 18.1 Å². The van der Waals surface area contributed by atoms with E-state index < -0.39 is 0 Å². The van der Waals surface area contributed by atoms with E-state index in [1.807, 2.05) is 32.4 Å². The van der Waals surface area contributed by atoms with Gasteiger partial charge in [0.1, 0.15) is 18.2 Å². The van der Waals surface area contributed by atoms with Crippen molar-refractivity contribution in [2.75, 3.05) is 13.6 Å². The Labute approximate surface area is 175 Å². The van der Waals surface area contributed by atoms with Crippen molar-refractivity contribution in [3.63, 3.8) is 0 Å². The molecule has 1 heterocycles. The Kier molecular flexibility index (Phi) is 7.69. The van der Waals surface area contributed by atoms with Gasteiger partial charge in [0.2, 0.25) is 4.77 Å². The van der Waals surface area contributed by atoms with Gasteiger partial charge in [-0.2, -0.15) is 4.68 Å². The summed E-state index contributed by atoms with van der Waals surface area (Å²) in [5.41, 5.74) is -0.274. The average Bonchev–Trinajstić information content (AvgIpc) is 2.88. The Bertz CT molecular complexity index is 899. The van der Waals surface area contributed by atoms with E-state index in [4.69, 9.17) is 17.0 Å². The monoisotopic (exact) mass is 422 g/mol. The van der Waals surface area contributed by atoms with Gasteiger partial charge in [-0.15, -0.1) is 11.7 Å². The molecular weight excluding hydrogens is 393 g/mol. The number of carbonyl (C=O) groups is 1. The fourth-order valence-corrected chi connectivity index (χ4v) is 3.02. The fraction of sp³-hybridized carbons (Fsp3) is 0.450. The summed E-state index contributed by atoms with van der Waals surface area (Å²) < 4.78 is 22.8. The number of carbonyl (C=O) groups excluding carboxylic acids is 1. The molecule has 0 aliphatic rings. The van der Waals surface area contributed by atoms with Crippen LogP contribution >= 0.6 is 12.2 Å². The van der Waals surface area contributed by atoms with Crippen LogP contribution in [0.3, 0.4) is 0 Å². The normalized spacial score (nSPS) is 12.4. The number of quaternary nitrogens is 1. The van der Waals surface area contributed by atoms with Crippen LogP contribution < -0.4 is 15.0 Å². The van der Waals surface area contributed by atoms with Gasteiger partial charge in [0.25, 0.3) is 5.91 Å². The molecule has 0 radical (unpaired) electrons. The largest absolute Gasteiger partial charge is 0.486 e. The number of amides is 1. The molecule has 1 aromatic carbocycles. The van der Waals surface area contributed by atoms with Gasteiger partial charge in [-0.05, 0) is 57.3 Å². The molecule has 2 rings (SSSR count). The minimum absolute atomic E-state index is 0.0353. The molecule has 0 aliphatic carbocycles. The van der Waals surface area contributed by atoms with E-state index in [1.54, 1.807) is 22.9 Å². The van der Waals surface area contributed by atoms with Crippen LogP contribution in [-0.2, 0) is 24.6 Å². The van der Waals surface area contributed by atoms with Crippen LogP contribution in [0.25, 0.3) is 0 Å². The zero-order chi connectivity index (χ0) is 21.6. The topological polar surface area (TPSA) is 65.5 Å². The van der Waals surface area contributed by atoms with Crippen LogP contribution in [0, 0.1) is 10.6 Å². The highest BCUT2D eigenvalue weighted by Gasteiger charge is 2.19.